The summed E-state index contributed by atoms with van der Waals surface area (Å²) in [7, 11) is 1.81. The molecule has 114 valence electrons. The summed E-state index contributed by atoms with van der Waals surface area (Å²) in [4.78, 5) is 11.3. The van der Waals surface area contributed by atoms with Gasteiger partial charge in [0.1, 0.15) is 11.3 Å². The van der Waals surface area contributed by atoms with Crippen molar-refractivity contribution in [2.75, 3.05) is 0 Å². The number of nitrogens with zero attached hydrogens (tertiary/aromatic N) is 2. The van der Waals surface area contributed by atoms with E-state index >= 15 is 0 Å². The highest BCUT2D eigenvalue weighted by atomic mass is 16.6. The standard InChI is InChI=1S/C17H18N2O3/c1-3-4-7-11-10-14(20)15-12-8-5-6-9-13(12)18(2)17(15)16(11)19(21)22/h5-6,8-10,20H,3-4,7H2,1-2H3. The summed E-state index contributed by atoms with van der Waals surface area (Å²) < 4.78 is 1.80. The number of rotatable bonds is 4. The summed E-state index contributed by atoms with van der Waals surface area (Å²) in [6.45, 7) is 2.04. The maximum Gasteiger partial charge on any atom is 0.296 e. The predicted molar refractivity (Wildman–Crippen MR) is 87.4 cm³/mol. The quantitative estimate of drug-likeness (QED) is 0.577. The van der Waals surface area contributed by atoms with Gasteiger partial charge in [0.25, 0.3) is 5.69 Å². The van der Waals surface area contributed by atoms with Crippen LogP contribution in [-0.2, 0) is 13.5 Å². The zero-order valence-electron chi connectivity index (χ0n) is 12.7. The number of unbranched alkanes of at least 4 members (excludes halogenated alkanes) is 1. The number of aromatic nitrogens is 1. The average Bonchev–Trinajstić information content (AvgIpc) is 2.79. The van der Waals surface area contributed by atoms with Crippen molar-refractivity contribution in [3.05, 3.63) is 46.0 Å². The van der Waals surface area contributed by atoms with Gasteiger partial charge < -0.3 is 9.67 Å². The van der Waals surface area contributed by atoms with Crippen LogP contribution in [0.15, 0.2) is 30.3 Å². The second-order valence-corrected chi connectivity index (χ2v) is 5.56. The Morgan fingerprint density at radius 3 is 2.73 bits per heavy atom. The Kier molecular flexibility index (Phi) is 3.48. The molecule has 1 aromatic heterocycles. The van der Waals surface area contributed by atoms with Gasteiger partial charge in [0.05, 0.1) is 10.3 Å². The number of phenols is 1. The molecule has 3 aromatic rings. The maximum absolute atomic E-state index is 11.6. The van der Waals surface area contributed by atoms with Crippen LogP contribution in [0.4, 0.5) is 5.69 Å². The number of nitro benzene ring substituents is 1. The van der Waals surface area contributed by atoms with Crippen molar-refractivity contribution in [1.29, 1.82) is 0 Å². The SMILES string of the molecule is CCCCc1cc(O)c2c3ccccc3n(C)c2c1[N+](=O)[O-]. The smallest absolute Gasteiger partial charge is 0.296 e. The maximum atomic E-state index is 11.6. The van der Waals surface area contributed by atoms with Gasteiger partial charge >= 0.3 is 0 Å². The van der Waals surface area contributed by atoms with Crippen molar-refractivity contribution in [2.24, 2.45) is 7.05 Å². The van der Waals surface area contributed by atoms with Gasteiger partial charge in [0, 0.05) is 23.5 Å². The van der Waals surface area contributed by atoms with E-state index in [4.69, 9.17) is 0 Å². The number of aryl methyl sites for hydroxylation is 2. The first-order valence-corrected chi connectivity index (χ1v) is 7.42. The Labute approximate surface area is 127 Å². The third kappa shape index (κ3) is 2.01. The fraction of sp³-hybridized carbons (Fsp3) is 0.294. The summed E-state index contributed by atoms with van der Waals surface area (Å²) in [5.41, 5.74) is 2.09. The molecule has 2 aromatic carbocycles. The second-order valence-electron chi connectivity index (χ2n) is 5.56. The summed E-state index contributed by atoms with van der Waals surface area (Å²) in [6.07, 6.45) is 2.40. The largest absolute Gasteiger partial charge is 0.507 e. The molecule has 0 aliphatic heterocycles. The molecular formula is C17H18N2O3. The monoisotopic (exact) mass is 298 g/mol. The third-order valence-corrected chi connectivity index (χ3v) is 4.18. The van der Waals surface area contributed by atoms with E-state index in [1.807, 2.05) is 31.2 Å². The molecule has 0 aliphatic rings. The zero-order valence-corrected chi connectivity index (χ0v) is 12.7. The van der Waals surface area contributed by atoms with Crippen LogP contribution in [0.3, 0.4) is 0 Å². The molecule has 5 nitrogen and oxygen atoms in total. The predicted octanol–water partition coefficient (Wildman–Crippen LogP) is 4.29. The fourth-order valence-corrected chi connectivity index (χ4v) is 3.15. The second kappa shape index (κ2) is 5.33. The van der Waals surface area contributed by atoms with E-state index in [2.05, 4.69) is 0 Å². The van der Waals surface area contributed by atoms with Crippen LogP contribution in [0.5, 0.6) is 5.75 Å². The Balaban J connectivity index is 2.47. The highest BCUT2D eigenvalue weighted by Gasteiger charge is 2.25. The lowest BCUT2D eigenvalue weighted by atomic mass is 10.0. The van der Waals surface area contributed by atoms with Gasteiger partial charge in [-0.1, -0.05) is 31.5 Å². The minimum Gasteiger partial charge on any atom is -0.507 e. The minimum atomic E-state index is -0.328. The van der Waals surface area contributed by atoms with E-state index < -0.39 is 0 Å². The van der Waals surface area contributed by atoms with E-state index in [1.54, 1.807) is 17.7 Å². The number of aromatic hydroxyl groups is 1. The molecule has 0 amide bonds. The van der Waals surface area contributed by atoms with E-state index in [0.717, 1.165) is 23.7 Å². The summed E-state index contributed by atoms with van der Waals surface area (Å²) >= 11 is 0. The lowest BCUT2D eigenvalue weighted by molar-refractivity contribution is -0.384. The lowest BCUT2D eigenvalue weighted by Gasteiger charge is -2.07. The van der Waals surface area contributed by atoms with Gasteiger partial charge in [-0.3, -0.25) is 10.1 Å². The zero-order chi connectivity index (χ0) is 15.9. The first-order chi connectivity index (χ1) is 10.6. The lowest BCUT2D eigenvalue weighted by Crippen LogP contribution is -2.00. The van der Waals surface area contributed by atoms with E-state index in [-0.39, 0.29) is 16.4 Å². The summed E-state index contributed by atoms with van der Waals surface area (Å²) in [5.74, 6) is 0.114. The van der Waals surface area contributed by atoms with Crippen molar-refractivity contribution in [3.8, 4) is 5.75 Å². The van der Waals surface area contributed by atoms with Crippen molar-refractivity contribution in [3.63, 3.8) is 0 Å². The first-order valence-electron chi connectivity index (χ1n) is 7.42. The summed E-state index contributed by atoms with van der Waals surface area (Å²) in [5, 5.41) is 23.5. The molecule has 0 fully saturated rings. The number of hydrogen-bond donors (Lipinski definition) is 1. The van der Waals surface area contributed by atoms with Crippen molar-refractivity contribution in [2.45, 2.75) is 26.2 Å². The van der Waals surface area contributed by atoms with E-state index in [9.17, 15) is 15.2 Å². The van der Waals surface area contributed by atoms with E-state index in [0.29, 0.717) is 22.9 Å². The van der Waals surface area contributed by atoms with Crippen LogP contribution in [0.1, 0.15) is 25.3 Å². The van der Waals surface area contributed by atoms with E-state index in [1.165, 1.54) is 0 Å². The number of phenolic OH excluding ortho intramolecular Hbond substituents is 1. The van der Waals surface area contributed by atoms with Crippen LogP contribution >= 0.6 is 0 Å². The van der Waals surface area contributed by atoms with Crippen molar-refractivity contribution in [1.82, 2.24) is 4.57 Å². The molecule has 0 saturated carbocycles. The first kappa shape index (κ1) is 14.4. The van der Waals surface area contributed by atoms with Gasteiger partial charge in [0.15, 0.2) is 0 Å². The van der Waals surface area contributed by atoms with Crippen molar-refractivity contribution < 1.29 is 10.0 Å². The minimum absolute atomic E-state index is 0.111. The molecule has 0 atom stereocenters. The molecule has 1 heterocycles. The highest BCUT2D eigenvalue weighted by molar-refractivity contribution is 6.14. The molecule has 0 spiro atoms. The highest BCUT2D eigenvalue weighted by Crippen LogP contribution is 2.42. The molecule has 5 heteroatoms. The van der Waals surface area contributed by atoms with Gasteiger partial charge in [-0.05, 0) is 25.0 Å². The molecule has 0 unspecified atom stereocenters. The van der Waals surface area contributed by atoms with Crippen LogP contribution in [0, 0.1) is 10.1 Å². The van der Waals surface area contributed by atoms with Gasteiger partial charge in [0.2, 0.25) is 0 Å². The number of benzene rings is 2. The molecule has 1 N–H and O–H groups in total. The van der Waals surface area contributed by atoms with Crippen LogP contribution in [0.2, 0.25) is 0 Å². The van der Waals surface area contributed by atoms with Crippen molar-refractivity contribution >= 4 is 27.5 Å². The molecular weight excluding hydrogens is 280 g/mol. The third-order valence-electron chi connectivity index (χ3n) is 4.18. The molecule has 0 radical (unpaired) electrons. The Bertz CT molecular complexity index is 881. The van der Waals surface area contributed by atoms with Crippen LogP contribution < -0.4 is 0 Å². The van der Waals surface area contributed by atoms with Gasteiger partial charge in [-0.2, -0.15) is 0 Å². The Morgan fingerprint density at radius 1 is 1.32 bits per heavy atom. The Morgan fingerprint density at radius 2 is 2.05 bits per heavy atom. The number of hydrogen-bond acceptors (Lipinski definition) is 3. The number of para-hydroxylation sites is 1. The topological polar surface area (TPSA) is 68.3 Å². The molecule has 0 aliphatic carbocycles. The molecule has 22 heavy (non-hydrogen) atoms. The van der Waals surface area contributed by atoms with Gasteiger partial charge in [-0.25, -0.2) is 0 Å². The number of nitro groups is 1. The van der Waals surface area contributed by atoms with Gasteiger partial charge in [-0.15, -0.1) is 0 Å². The molecule has 3 rings (SSSR count). The normalized spacial score (nSPS) is 11.4. The Hall–Kier alpha value is -2.56. The fourth-order valence-electron chi connectivity index (χ4n) is 3.15. The summed E-state index contributed by atoms with van der Waals surface area (Å²) in [6, 6.07) is 9.11. The van der Waals surface area contributed by atoms with Crippen LogP contribution in [0.25, 0.3) is 21.8 Å². The number of fused-ring (bicyclic) bond motifs is 3. The average molecular weight is 298 g/mol. The molecule has 0 bridgehead atoms. The van der Waals surface area contributed by atoms with Crippen LogP contribution in [-0.4, -0.2) is 14.6 Å². The molecule has 0 saturated heterocycles.